The molecule has 0 radical (unpaired) electrons. The second-order valence-corrected chi connectivity index (χ2v) is 6.30. The maximum absolute atomic E-state index is 13.1. The molecule has 1 heterocycles. The number of ether oxygens (including phenoxy) is 1. The number of halogens is 4. The lowest BCUT2D eigenvalue weighted by Gasteiger charge is -2.28. The zero-order valence-electron chi connectivity index (χ0n) is 12.7. The largest absolute Gasteiger partial charge is 0.478 e. The van der Waals surface area contributed by atoms with E-state index in [9.17, 15) is 18.0 Å². The Hall–Kier alpha value is -1.69. The van der Waals surface area contributed by atoms with Gasteiger partial charge in [-0.25, -0.2) is 4.79 Å². The predicted molar refractivity (Wildman–Crippen MR) is 80.8 cm³/mol. The number of rotatable bonds is 3. The van der Waals surface area contributed by atoms with Crippen molar-refractivity contribution in [3.63, 3.8) is 0 Å². The monoisotopic (exact) mass is 348 g/mol. The Bertz CT molecular complexity index is 665. The van der Waals surface area contributed by atoms with Crippen LogP contribution in [0.4, 0.5) is 13.2 Å². The molecule has 0 saturated heterocycles. The number of carbonyl (C=O) groups is 1. The van der Waals surface area contributed by atoms with Crippen molar-refractivity contribution >= 4 is 23.6 Å². The van der Waals surface area contributed by atoms with Gasteiger partial charge in [-0.2, -0.15) is 13.2 Å². The molecule has 1 N–H and O–H groups in total. The average molecular weight is 349 g/mol. The maximum atomic E-state index is 13.1. The molecule has 2 atom stereocenters. The first kappa shape index (κ1) is 17.7. The lowest BCUT2D eigenvalue weighted by atomic mass is 9.88. The summed E-state index contributed by atoms with van der Waals surface area (Å²) in [6.45, 7) is 5.87. The van der Waals surface area contributed by atoms with Gasteiger partial charge in [0, 0.05) is 10.6 Å². The highest BCUT2D eigenvalue weighted by Crippen LogP contribution is 2.41. The smallest absolute Gasteiger partial charge is 0.430 e. The molecular formula is C16H16ClF3O3. The SMILES string of the molecule is CC(C)[C@H](C)c1cc2c(cc1Cl)C=C(C(=O)O)[C@@H](C(F)(F)F)O2. The van der Waals surface area contributed by atoms with E-state index < -0.39 is 23.8 Å². The highest BCUT2D eigenvalue weighted by atomic mass is 35.5. The first-order valence-electron chi connectivity index (χ1n) is 7.04. The molecule has 3 nitrogen and oxygen atoms in total. The fourth-order valence-electron chi connectivity index (χ4n) is 2.36. The highest BCUT2D eigenvalue weighted by molar-refractivity contribution is 6.31. The molecule has 7 heteroatoms. The third kappa shape index (κ3) is 3.47. The van der Waals surface area contributed by atoms with Crippen LogP contribution in [0.5, 0.6) is 5.75 Å². The maximum Gasteiger partial charge on any atom is 0.430 e. The van der Waals surface area contributed by atoms with Crippen LogP contribution in [0.15, 0.2) is 17.7 Å². The lowest BCUT2D eigenvalue weighted by Crippen LogP contribution is -2.40. The summed E-state index contributed by atoms with van der Waals surface area (Å²) in [4.78, 5) is 11.1. The minimum atomic E-state index is -4.81. The van der Waals surface area contributed by atoms with E-state index in [1.54, 1.807) is 0 Å². The standard InChI is InChI=1S/C16H16ClF3O3/c1-7(2)8(3)10-6-13-9(5-12(10)17)4-11(15(21)22)14(23-13)16(18,19)20/h4-8,14H,1-3H3,(H,21,22)/t8-,14-/m0/s1. The van der Waals surface area contributed by atoms with E-state index in [0.29, 0.717) is 10.6 Å². The normalized spacial score (nSPS) is 19.0. The van der Waals surface area contributed by atoms with E-state index in [-0.39, 0.29) is 23.1 Å². The minimum absolute atomic E-state index is 0.00998. The molecular weight excluding hydrogens is 333 g/mol. The molecule has 0 unspecified atom stereocenters. The fraction of sp³-hybridized carbons (Fsp3) is 0.438. The van der Waals surface area contributed by atoms with E-state index in [2.05, 4.69) is 0 Å². The Kier molecular flexibility index (Phi) is 4.66. The van der Waals surface area contributed by atoms with Crippen molar-refractivity contribution in [1.82, 2.24) is 0 Å². The van der Waals surface area contributed by atoms with E-state index in [4.69, 9.17) is 21.4 Å². The van der Waals surface area contributed by atoms with Crippen LogP contribution in [-0.2, 0) is 4.79 Å². The number of hydrogen-bond acceptors (Lipinski definition) is 2. The number of benzene rings is 1. The first-order valence-corrected chi connectivity index (χ1v) is 7.41. The van der Waals surface area contributed by atoms with Gasteiger partial charge in [0.1, 0.15) is 5.75 Å². The van der Waals surface area contributed by atoms with Crippen LogP contribution >= 0.6 is 11.6 Å². The summed E-state index contributed by atoms with van der Waals surface area (Å²) < 4.78 is 44.1. The summed E-state index contributed by atoms with van der Waals surface area (Å²) in [5.41, 5.74) is 0.0480. The molecule has 1 aliphatic rings. The average Bonchev–Trinajstić information content (AvgIpc) is 2.43. The van der Waals surface area contributed by atoms with E-state index in [1.165, 1.54) is 12.1 Å². The van der Waals surface area contributed by atoms with Crippen LogP contribution in [0.2, 0.25) is 5.02 Å². The summed E-state index contributed by atoms with van der Waals surface area (Å²) in [7, 11) is 0. The third-order valence-electron chi connectivity index (χ3n) is 4.00. The van der Waals surface area contributed by atoms with Gasteiger partial charge in [0.15, 0.2) is 0 Å². The van der Waals surface area contributed by atoms with Crippen LogP contribution < -0.4 is 4.74 Å². The van der Waals surface area contributed by atoms with Gasteiger partial charge in [0.05, 0.1) is 5.57 Å². The van der Waals surface area contributed by atoms with Crippen LogP contribution in [0, 0.1) is 5.92 Å². The number of fused-ring (bicyclic) bond motifs is 1. The first-order chi connectivity index (χ1) is 10.5. The van der Waals surface area contributed by atoms with Gasteiger partial charge in [-0.3, -0.25) is 0 Å². The Morgan fingerprint density at radius 3 is 2.39 bits per heavy atom. The molecule has 0 saturated carbocycles. The Balaban J connectivity index is 2.56. The van der Waals surface area contributed by atoms with E-state index >= 15 is 0 Å². The molecule has 0 amide bonds. The number of carboxylic acid groups (broad SMARTS) is 1. The minimum Gasteiger partial charge on any atom is -0.478 e. The second kappa shape index (κ2) is 6.07. The Morgan fingerprint density at radius 1 is 1.30 bits per heavy atom. The molecule has 1 aromatic carbocycles. The van der Waals surface area contributed by atoms with Crippen molar-refractivity contribution < 1.29 is 27.8 Å². The zero-order chi connectivity index (χ0) is 17.5. The zero-order valence-corrected chi connectivity index (χ0v) is 13.5. The summed E-state index contributed by atoms with van der Waals surface area (Å²) in [6, 6.07) is 2.91. The van der Waals surface area contributed by atoms with Gasteiger partial charge in [0.25, 0.3) is 0 Å². The van der Waals surface area contributed by atoms with Gasteiger partial charge in [0.2, 0.25) is 6.10 Å². The quantitative estimate of drug-likeness (QED) is 0.845. The molecule has 0 aromatic heterocycles. The van der Waals surface area contributed by atoms with Crippen LogP contribution in [-0.4, -0.2) is 23.4 Å². The van der Waals surface area contributed by atoms with Crippen LogP contribution in [0.3, 0.4) is 0 Å². The Labute approximate surface area is 136 Å². The predicted octanol–water partition coefficient (Wildman–Crippen LogP) is 4.89. The topological polar surface area (TPSA) is 46.5 Å². The van der Waals surface area contributed by atoms with Gasteiger partial charge in [-0.1, -0.05) is 32.4 Å². The van der Waals surface area contributed by atoms with E-state index in [1.807, 2.05) is 20.8 Å². The fourth-order valence-corrected chi connectivity index (χ4v) is 2.70. The van der Waals surface area contributed by atoms with Crippen molar-refractivity contribution in [2.45, 2.75) is 39.0 Å². The van der Waals surface area contributed by atoms with Crippen molar-refractivity contribution in [3.05, 3.63) is 33.9 Å². The molecule has 0 spiro atoms. The van der Waals surface area contributed by atoms with Crippen molar-refractivity contribution in [3.8, 4) is 5.75 Å². The summed E-state index contributed by atoms with van der Waals surface area (Å²) in [5, 5.41) is 9.38. The van der Waals surface area contributed by atoms with Gasteiger partial charge in [-0.05, 0) is 35.6 Å². The number of aliphatic carboxylic acids is 1. The third-order valence-corrected chi connectivity index (χ3v) is 4.33. The molecule has 1 aromatic rings. The highest BCUT2D eigenvalue weighted by Gasteiger charge is 2.48. The molecule has 126 valence electrons. The molecule has 0 fully saturated rings. The molecule has 0 aliphatic carbocycles. The van der Waals surface area contributed by atoms with Crippen molar-refractivity contribution in [1.29, 1.82) is 0 Å². The lowest BCUT2D eigenvalue weighted by molar-refractivity contribution is -0.187. The van der Waals surface area contributed by atoms with Gasteiger partial charge >= 0.3 is 12.1 Å². The number of hydrogen-bond donors (Lipinski definition) is 1. The summed E-state index contributed by atoms with van der Waals surface area (Å²) in [5.74, 6) is -1.43. The van der Waals surface area contributed by atoms with E-state index in [0.717, 1.165) is 6.08 Å². The second-order valence-electron chi connectivity index (χ2n) is 5.89. The molecule has 2 rings (SSSR count). The van der Waals surface area contributed by atoms with Crippen LogP contribution in [0.1, 0.15) is 37.8 Å². The van der Waals surface area contributed by atoms with Crippen LogP contribution in [0.25, 0.3) is 6.08 Å². The molecule has 1 aliphatic heterocycles. The van der Waals surface area contributed by atoms with Crippen molar-refractivity contribution in [2.24, 2.45) is 5.92 Å². The molecule has 0 bridgehead atoms. The number of carboxylic acids is 1. The summed E-state index contributed by atoms with van der Waals surface area (Å²) >= 11 is 6.20. The summed E-state index contributed by atoms with van der Waals surface area (Å²) in [6.07, 6.45) is -6.34. The molecule has 23 heavy (non-hydrogen) atoms. The van der Waals surface area contributed by atoms with Gasteiger partial charge < -0.3 is 9.84 Å². The Morgan fingerprint density at radius 2 is 1.91 bits per heavy atom. The van der Waals surface area contributed by atoms with Gasteiger partial charge in [-0.15, -0.1) is 0 Å². The number of alkyl halides is 3. The van der Waals surface area contributed by atoms with Crippen molar-refractivity contribution in [2.75, 3.05) is 0 Å².